The maximum atomic E-state index is 5.85. The van der Waals surface area contributed by atoms with E-state index in [1.54, 1.807) is 11.3 Å². The molecule has 0 saturated heterocycles. The first-order valence-electron chi connectivity index (χ1n) is 6.76. The highest BCUT2D eigenvalue weighted by atomic mass is 32.1. The zero-order valence-corrected chi connectivity index (χ0v) is 12.5. The second kappa shape index (κ2) is 6.62. The summed E-state index contributed by atoms with van der Waals surface area (Å²) in [4.78, 5) is 1.36. The van der Waals surface area contributed by atoms with Crippen LogP contribution in [0.3, 0.4) is 0 Å². The van der Waals surface area contributed by atoms with Crippen molar-refractivity contribution in [1.82, 2.24) is 0 Å². The van der Waals surface area contributed by atoms with Crippen LogP contribution in [0.4, 0.5) is 5.69 Å². The third-order valence-electron chi connectivity index (χ3n) is 2.87. The second-order valence-corrected chi connectivity index (χ2v) is 5.76. The number of rotatable bonds is 6. The van der Waals surface area contributed by atoms with Gasteiger partial charge in [-0.15, -0.1) is 11.3 Å². The van der Waals surface area contributed by atoms with E-state index in [1.807, 2.05) is 32.0 Å². The predicted octanol–water partition coefficient (Wildman–Crippen LogP) is 5.10. The molecule has 1 aromatic carbocycles. The summed E-state index contributed by atoms with van der Waals surface area (Å²) >= 11 is 1.79. The maximum Gasteiger partial charge on any atom is 0.142 e. The van der Waals surface area contributed by atoms with Crippen LogP contribution in [0.25, 0.3) is 0 Å². The van der Waals surface area contributed by atoms with Crippen molar-refractivity contribution in [2.75, 3.05) is 5.32 Å². The minimum absolute atomic E-state index is 0.185. The summed E-state index contributed by atoms with van der Waals surface area (Å²) in [6.07, 6.45) is 1.24. The van der Waals surface area contributed by atoms with Gasteiger partial charge in [-0.05, 0) is 43.8 Å². The molecule has 1 aromatic heterocycles. The number of hydrogen-bond acceptors (Lipinski definition) is 3. The first-order chi connectivity index (χ1) is 9.20. The van der Waals surface area contributed by atoms with Crippen molar-refractivity contribution in [3.8, 4) is 5.75 Å². The molecule has 2 rings (SSSR count). The van der Waals surface area contributed by atoms with E-state index >= 15 is 0 Å². The van der Waals surface area contributed by atoms with E-state index in [1.165, 1.54) is 4.88 Å². The molecular formula is C16H21NOS. The minimum Gasteiger partial charge on any atom is -0.489 e. The summed E-state index contributed by atoms with van der Waals surface area (Å²) in [6, 6.07) is 12.8. The molecule has 19 heavy (non-hydrogen) atoms. The molecule has 1 unspecified atom stereocenters. The molecule has 3 heteroatoms. The summed E-state index contributed by atoms with van der Waals surface area (Å²) in [5, 5.41) is 5.71. The van der Waals surface area contributed by atoms with E-state index in [9.17, 15) is 0 Å². The van der Waals surface area contributed by atoms with Crippen molar-refractivity contribution in [3.05, 3.63) is 46.7 Å². The van der Waals surface area contributed by atoms with Gasteiger partial charge < -0.3 is 10.1 Å². The largest absolute Gasteiger partial charge is 0.489 e. The van der Waals surface area contributed by atoms with Gasteiger partial charge in [0.1, 0.15) is 5.75 Å². The molecule has 2 nitrogen and oxygen atoms in total. The molecule has 0 aliphatic heterocycles. The van der Waals surface area contributed by atoms with Gasteiger partial charge in [0.25, 0.3) is 0 Å². The van der Waals surface area contributed by atoms with Crippen LogP contribution in [0.2, 0.25) is 0 Å². The lowest BCUT2D eigenvalue weighted by Gasteiger charge is -2.20. The van der Waals surface area contributed by atoms with Crippen LogP contribution in [-0.2, 0) is 0 Å². The zero-order chi connectivity index (χ0) is 13.7. The first kappa shape index (κ1) is 13.9. The van der Waals surface area contributed by atoms with Crippen molar-refractivity contribution >= 4 is 17.0 Å². The molecule has 1 N–H and O–H groups in total. The highest BCUT2D eigenvalue weighted by molar-refractivity contribution is 7.10. The lowest BCUT2D eigenvalue weighted by Crippen LogP contribution is -2.12. The van der Waals surface area contributed by atoms with Crippen LogP contribution in [0.1, 0.15) is 38.1 Å². The molecule has 0 aliphatic rings. The van der Waals surface area contributed by atoms with Crippen molar-refractivity contribution in [2.45, 2.75) is 39.3 Å². The first-order valence-corrected chi connectivity index (χ1v) is 7.64. The summed E-state index contributed by atoms with van der Waals surface area (Å²) in [5.74, 6) is 0.924. The summed E-state index contributed by atoms with van der Waals surface area (Å²) in [5.41, 5.74) is 1.07. The summed E-state index contributed by atoms with van der Waals surface area (Å²) in [7, 11) is 0. The molecule has 2 aromatic rings. The van der Waals surface area contributed by atoms with Gasteiger partial charge in [0.05, 0.1) is 17.8 Å². The van der Waals surface area contributed by atoms with E-state index in [0.29, 0.717) is 6.04 Å². The Balaban J connectivity index is 2.17. The molecule has 0 aliphatic carbocycles. The lowest BCUT2D eigenvalue weighted by molar-refractivity contribution is 0.243. The number of nitrogens with one attached hydrogen (secondary N) is 1. The highest BCUT2D eigenvalue weighted by Crippen LogP contribution is 2.31. The normalized spacial score (nSPS) is 12.4. The third-order valence-corrected chi connectivity index (χ3v) is 3.86. The van der Waals surface area contributed by atoms with Crippen LogP contribution in [0.15, 0.2) is 41.8 Å². The van der Waals surface area contributed by atoms with Crippen molar-refractivity contribution in [3.63, 3.8) is 0 Å². The van der Waals surface area contributed by atoms with Gasteiger partial charge in [-0.2, -0.15) is 0 Å². The Labute approximate surface area is 119 Å². The average molecular weight is 275 g/mol. The number of ether oxygens (including phenoxy) is 1. The van der Waals surface area contributed by atoms with Crippen LogP contribution in [0, 0.1) is 0 Å². The number of thiophene rings is 1. The number of hydrogen-bond donors (Lipinski definition) is 1. The van der Waals surface area contributed by atoms with Gasteiger partial charge >= 0.3 is 0 Å². The van der Waals surface area contributed by atoms with Crippen molar-refractivity contribution in [2.24, 2.45) is 0 Å². The third kappa shape index (κ3) is 3.74. The number of anilines is 1. The molecule has 0 radical (unpaired) electrons. The van der Waals surface area contributed by atoms with Crippen LogP contribution < -0.4 is 10.1 Å². The van der Waals surface area contributed by atoms with E-state index in [2.05, 4.69) is 35.8 Å². The second-order valence-electron chi connectivity index (χ2n) is 4.78. The highest BCUT2D eigenvalue weighted by Gasteiger charge is 2.13. The molecule has 1 heterocycles. The smallest absolute Gasteiger partial charge is 0.142 e. The Hall–Kier alpha value is -1.48. The Morgan fingerprint density at radius 1 is 1.16 bits per heavy atom. The Morgan fingerprint density at radius 3 is 2.58 bits per heavy atom. The molecule has 0 bridgehead atoms. The topological polar surface area (TPSA) is 21.3 Å². The Bertz CT molecular complexity index is 493. The van der Waals surface area contributed by atoms with Gasteiger partial charge in [-0.25, -0.2) is 0 Å². The molecule has 0 saturated carbocycles. The standard InChI is InChI=1S/C16H21NOS/c1-4-13(16-10-7-11-19-16)17-14-8-5-6-9-15(14)18-12(2)3/h5-13,17H,4H2,1-3H3. The monoisotopic (exact) mass is 275 g/mol. The fraction of sp³-hybridized carbons (Fsp3) is 0.375. The summed E-state index contributed by atoms with van der Waals surface area (Å²) in [6.45, 7) is 6.30. The average Bonchev–Trinajstić information content (AvgIpc) is 2.91. The van der Waals surface area contributed by atoms with E-state index in [4.69, 9.17) is 4.74 Å². The van der Waals surface area contributed by atoms with Crippen LogP contribution >= 0.6 is 11.3 Å². The van der Waals surface area contributed by atoms with Crippen molar-refractivity contribution in [1.29, 1.82) is 0 Å². The molecule has 0 spiro atoms. The Kier molecular flexibility index (Phi) is 4.86. The van der Waals surface area contributed by atoms with E-state index < -0.39 is 0 Å². The van der Waals surface area contributed by atoms with Crippen LogP contribution in [0.5, 0.6) is 5.75 Å². The summed E-state index contributed by atoms with van der Waals surface area (Å²) < 4.78 is 5.85. The molecule has 0 fully saturated rings. The van der Waals surface area contributed by atoms with Gasteiger partial charge in [0.15, 0.2) is 0 Å². The lowest BCUT2D eigenvalue weighted by atomic mass is 10.1. The quantitative estimate of drug-likeness (QED) is 0.792. The molecule has 0 amide bonds. The van der Waals surface area contributed by atoms with Gasteiger partial charge in [0.2, 0.25) is 0 Å². The maximum absolute atomic E-state index is 5.85. The van der Waals surface area contributed by atoms with Crippen molar-refractivity contribution < 1.29 is 4.74 Å². The van der Waals surface area contributed by atoms with E-state index in [-0.39, 0.29) is 6.10 Å². The van der Waals surface area contributed by atoms with Crippen LogP contribution in [-0.4, -0.2) is 6.10 Å². The Morgan fingerprint density at radius 2 is 1.95 bits per heavy atom. The predicted molar refractivity (Wildman–Crippen MR) is 83.2 cm³/mol. The fourth-order valence-corrected chi connectivity index (χ4v) is 2.86. The zero-order valence-electron chi connectivity index (χ0n) is 11.7. The molecule has 1 atom stereocenters. The molecular weight excluding hydrogens is 254 g/mol. The fourth-order valence-electron chi connectivity index (χ4n) is 1.99. The SMILES string of the molecule is CCC(Nc1ccccc1OC(C)C)c1cccs1. The number of benzene rings is 1. The van der Waals surface area contributed by atoms with Gasteiger partial charge in [-0.1, -0.05) is 25.1 Å². The van der Waals surface area contributed by atoms with Gasteiger partial charge in [-0.3, -0.25) is 0 Å². The van der Waals surface area contributed by atoms with E-state index in [0.717, 1.165) is 17.9 Å². The van der Waals surface area contributed by atoms with Gasteiger partial charge in [0, 0.05) is 4.88 Å². The number of para-hydroxylation sites is 2. The minimum atomic E-state index is 0.185. The molecule has 102 valence electrons.